The van der Waals surface area contributed by atoms with Gasteiger partial charge in [0.05, 0.1) is 41.1 Å². The Morgan fingerprint density at radius 1 is 1.14 bits per heavy atom. The Morgan fingerprint density at radius 2 is 2.00 bits per heavy atom. The van der Waals surface area contributed by atoms with Gasteiger partial charge in [-0.1, -0.05) is 6.07 Å². The zero-order valence-electron chi connectivity index (χ0n) is 23.0. The van der Waals surface area contributed by atoms with Gasteiger partial charge in [-0.2, -0.15) is 5.10 Å². The van der Waals surface area contributed by atoms with Crippen LogP contribution in [0.4, 0.5) is 8.78 Å². The first-order valence-corrected chi connectivity index (χ1v) is 14.5. The maximum atomic E-state index is 15.5. The number of carboxylic acid groups (broad SMARTS) is 1. The van der Waals surface area contributed by atoms with Crippen molar-refractivity contribution in [2.75, 3.05) is 6.61 Å². The normalized spacial score (nSPS) is 14.8. The number of benzene rings is 2. The SMILES string of the molecule is Cn1ncc2cc(COc3cccc(-c4cc(F)c(Cc5nc6ccc(C(=O)O)cc6n5C[C@@H]5CCO5)cc4F)n3)sc21. The van der Waals surface area contributed by atoms with Gasteiger partial charge in [0.2, 0.25) is 5.88 Å². The minimum Gasteiger partial charge on any atom is -0.478 e. The van der Waals surface area contributed by atoms with Crippen molar-refractivity contribution in [3.05, 3.63) is 94.3 Å². The van der Waals surface area contributed by atoms with Crippen LogP contribution in [0.3, 0.4) is 0 Å². The molecular formula is C31H25F2N5O4S. The lowest BCUT2D eigenvalue weighted by molar-refractivity contribution is -0.0589. The minimum atomic E-state index is -1.06. The Balaban J connectivity index is 1.14. The van der Waals surface area contributed by atoms with Gasteiger partial charge in [0.15, 0.2) is 0 Å². The molecule has 1 N–H and O–H groups in total. The van der Waals surface area contributed by atoms with Gasteiger partial charge < -0.3 is 19.1 Å². The predicted octanol–water partition coefficient (Wildman–Crippen LogP) is 5.98. The molecule has 7 rings (SSSR count). The molecule has 1 aliphatic rings. The smallest absolute Gasteiger partial charge is 0.335 e. The van der Waals surface area contributed by atoms with Crippen molar-refractivity contribution in [1.29, 1.82) is 0 Å². The first-order chi connectivity index (χ1) is 20.8. The molecule has 0 unspecified atom stereocenters. The van der Waals surface area contributed by atoms with Crippen LogP contribution in [-0.2, 0) is 31.4 Å². The molecule has 0 bridgehead atoms. The molecule has 0 spiro atoms. The highest BCUT2D eigenvalue weighted by Crippen LogP contribution is 2.30. The molecule has 0 amide bonds. The zero-order chi connectivity index (χ0) is 29.7. The van der Waals surface area contributed by atoms with Gasteiger partial charge in [0.25, 0.3) is 0 Å². The molecule has 9 nitrogen and oxygen atoms in total. The molecule has 6 aromatic rings. The van der Waals surface area contributed by atoms with E-state index < -0.39 is 17.6 Å². The maximum Gasteiger partial charge on any atom is 0.335 e. The zero-order valence-corrected chi connectivity index (χ0v) is 23.8. The molecule has 1 fully saturated rings. The summed E-state index contributed by atoms with van der Waals surface area (Å²) in [6.07, 6.45) is 2.61. The highest BCUT2D eigenvalue weighted by molar-refractivity contribution is 7.18. The second-order valence-electron chi connectivity index (χ2n) is 10.4. The first kappa shape index (κ1) is 27.2. The molecule has 0 aliphatic carbocycles. The summed E-state index contributed by atoms with van der Waals surface area (Å²) < 4.78 is 46.1. The number of pyridine rings is 1. The minimum absolute atomic E-state index is 0.00804. The Bertz CT molecular complexity index is 2010. The molecule has 5 heterocycles. The van der Waals surface area contributed by atoms with E-state index >= 15 is 8.78 Å². The van der Waals surface area contributed by atoms with Crippen LogP contribution in [0.25, 0.3) is 32.5 Å². The van der Waals surface area contributed by atoms with E-state index in [4.69, 9.17) is 9.47 Å². The number of hydrogen-bond acceptors (Lipinski definition) is 7. The number of carboxylic acids is 1. The molecule has 12 heteroatoms. The van der Waals surface area contributed by atoms with Crippen LogP contribution in [0.1, 0.15) is 33.0 Å². The summed E-state index contributed by atoms with van der Waals surface area (Å²) in [6, 6.07) is 13.9. The summed E-state index contributed by atoms with van der Waals surface area (Å²) in [5.74, 6) is -1.50. The number of fused-ring (bicyclic) bond motifs is 2. The number of halogens is 2. The summed E-state index contributed by atoms with van der Waals surface area (Å²) in [6.45, 7) is 1.37. The van der Waals surface area contributed by atoms with E-state index in [-0.39, 0.29) is 41.5 Å². The lowest BCUT2D eigenvalue weighted by Gasteiger charge is -2.27. The molecule has 0 saturated carbocycles. The van der Waals surface area contributed by atoms with Crippen LogP contribution in [0.2, 0.25) is 0 Å². The highest BCUT2D eigenvalue weighted by atomic mass is 32.1. The van der Waals surface area contributed by atoms with E-state index in [2.05, 4.69) is 15.1 Å². The Morgan fingerprint density at radius 3 is 2.77 bits per heavy atom. The third-order valence-corrected chi connectivity index (χ3v) is 8.75. The van der Waals surface area contributed by atoms with Crippen LogP contribution in [0, 0.1) is 11.6 Å². The number of aryl methyl sites for hydroxylation is 1. The number of hydrogen-bond donors (Lipinski definition) is 1. The van der Waals surface area contributed by atoms with E-state index in [1.54, 1.807) is 52.5 Å². The quantitative estimate of drug-likeness (QED) is 0.217. The Labute approximate surface area is 247 Å². The number of aromatic nitrogens is 5. The second-order valence-corrected chi connectivity index (χ2v) is 11.5. The van der Waals surface area contributed by atoms with Gasteiger partial charge in [-0.25, -0.2) is 23.5 Å². The fraction of sp³-hybridized carbons (Fsp3) is 0.226. The summed E-state index contributed by atoms with van der Waals surface area (Å²) in [7, 11) is 1.88. The van der Waals surface area contributed by atoms with Crippen molar-refractivity contribution in [2.24, 2.45) is 7.05 Å². The number of ether oxygens (including phenoxy) is 2. The first-order valence-electron chi connectivity index (χ1n) is 13.6. The van der Waals surface area contributed by atoms with Gasteiger partial charge in [-0.3, -0.25) is 4.68 Å². The molecule has 0 radical (unpaired) electrons. The number of rotatable bonds is 9. The number of thiophene rings is 1. The molecule has 1 aliphatic heterocycles. The van der Waals surface area contributed by atoms with E-state index in [1.165, 1.54) is 6.07 Å². The van der Waals surface area contributed by atoms with Gasteiger partial charge >= 0.3 is 5.97 Å². The van der Waals surface area contributed by atoms with Gasteiger partial charge in [0, 0.05) is 42.0 Å². The average molecular weight is 602 g/mol. The van der Waals surface area contributed by atoms with E-state index in [1.807, 2.05) is 17.7 Å². The summed E-state index contributed by atoms with van der Waals surface area (Å²) in [4.78, 5) is 22.7. The van der Waals surface area contributed by atoms with Crippen LogP contribution < -0.4 is 4.74 Å². The molecule has 1 atom stereocenters. The molecule has 4 aromatic heterocycles. The third-order valence-electron chi connectivity index (χ3n) is 7.56. The predicted molar refractivity (Wildman–Crippen MR) is 156 cm³/mol. The largest absolute Gasteiger partial charge is 0.478 e. The van der Waals surface area contributed by atoms with E-state index in [0.717, 1.165) is 33.6 Å². The van der Waals surface area contributed by atoms with Crippen molar-refractivity contribution in [3.63, 3.8) is 0 Å². The molecular weight excluding hydrogens is 576 g/mol. The van der Waals surface area contributed by atoms with Gasteiger partial charge in [-0.15, -0.1) is 11.3 Å². The molecule has 43 heavy (non-hydrogen) atoms. The fourth-order valence-electron chi connectivity index (χ4n) is 5.22. The third kappa shape index (κ3) is 5.23. The number of imidazole rings is 1. The number of nitrogens with zero attached hydrogens (tertiary/aromatic N) is 5. The second kappa shape index (κ2) is 10.9. The fourth-order valence-corrected chi connectivity index (χ4v) is 6.18. The molecule has 1 saturated heterocycles. The monoisotopic (exact) mass is 601 g/mol. The number of carbonyl (C=O) groups is 1. The van der Waals surface area contributed by atoms with Gasteiger partial charge in [-0.05, 0) is 54.4 Å². The van der Waals surface area contributed by atoms with Gasteiger partial charge in [0.1, 0.15) is 28.9 Å². The topological polar surface area (TPSA) is 104 Å². The highest BCUT2D eigenvalue weighted by Gasteiger charge is 2.24. The van der Waals surface area contributed by atoms with Crippen molar-refractivity contribution in [3.8, 4) is 17.1 Å². The molecule has 218 valence electrons. The van der Waals surface area contributed by atoms with Crippen LogP contribution in [-0.4, -0.2) is 48.1 Å². The van der Waals surface area contributed by atoms with Crippen LogP contribution in [0.5, 0.6) is 5.88 Å². The van der Waals surface area contributed by atoms with Crippen LogP contribution >= 0.6 is 11.3 Å². The standard InChI is InChI=1S/C31H25F2N5O4S/c1-37-30-19(14-34-37)9-21(43-30)16-42-29-4-2-3-25(36-29)22-13-23(32)18(10-24(22)33)12-28-35-26-6-5-17(31(39)40)11-27(26)38(28)15-20-7-8-41-20/h2-6,9-11,13-14,20H,7-8,12,15-16H2,1H3,(H,39,40)/t20-/m0/s1. The average Bonchev–Trinajstić information content (AvgIpc) is 3.64. The summed E-state index contributed by atoms with van der Waals surface area (Å²) in [5.41, 5.74) is 1.69. The lowest BCUT2D eigenvalue weighted by atomic mass is 10.0. The Hall–Kier alpha value is -4.68. The maximum absolute atomic E-state index is 15.5. The van der Waals surface area contributed by atoms with Crippen molar-refractivity contribution >= 4 is 38.6 Å². The number of aromatic carboxylic acids is 1. The Kier molecular flexibility index (Phi) is 6.86. The van der Waals surface area contributed by atoms with E-state index in [9.17, 15) is 9.90 Å². The summed E-state index contributed by atoms with van der Waals surface area (Å²) in [5, 5.41) is 14.7. The molecule has 2 aromatic carbocycles. The van der Waals surface area contributed by atoms with Crippen molar-refractivity contribution in [1.82, 2.24) is 24.3 Å². The summed E-state index contributed by atoms with van der Waals surface area (Å²) >= 11 is 1.57. The van der Waals surface area contributed by atoms with Crippen LogP contribution in [0.15, 0.2) is 60.8 Å². The van der Waals surface area contributed by atoms with Crippen molar-refractivity contribution in [2.45, 2.75) is 32.1 Å². The lowest BCUT2D eigenvalue weighted by Crippen LogP contribution is -2.31. The van der Waals surface area contributed by atoms with Crippen molar-refractivity contribution < 1.29 is 28.2 Å². The van der Waals surface area contributed by atoms with E-state index in [0.29, 0.717) is 35.9 Å².